The van der Waals surface area contributed by atoms with Gasteiger partial charge in [-0.2, -0.15) is 0 Å². The average molecular weight is 489 g/mol. The van der Waals surface area contributed by atoms with Gasteiger partial charge in [0.05, 0.1) is 0 Å². The third-order valence-electron chi connectivity index (χ3n) is 7.08. The summed E-state index contributed by atoms with van der Waals surface area (Å²) in [6, 6.07) is 52.6. The maximum Gasteiger partial charge on any atom is 0.0368 e. The second-order valence-electron chi connectivity index (χ2n) is 9.29. The Kier molecular flexibility index (Phi) is 5.42. The molecule has 0 radical (unpaired) electrons. The third kappa shape index (κ3) is 3.76. The molecule has 0 atom stereocenters. The molecule has 1 aliphatic carbocycles. The Hall–Kier alpha value is -4.46. The minimum Gasteiger partial charge on any atom is -0.135 e. The van der Waals surface area contributed by atoms with E-state index in [-0.39, 0.29) is 0 Å². The second-order valence-corrected chi connectivity index (χ2v) is 10.4. The predicted molar refractivity (Wildman–Crippen MR) is 159 cm³/mol. The lowest BCUT2D eigenvalue weighted by Crippen LogP contribution is -1.96. The fourth-order valence-corrected chi connectivity index (χ4v) is 6.62. The molecule has 1 heteroatoms. The summed E-state index contributed by atoms with van der Waals surface area (Å²) in [6.07, 6.45) is 0. The summed E-state index contributed by atoms with van der Waals surface area (Å²) in [6.45, 7) is 0. The SMILES string of the molecule is c1ccc(C2=C(c3cc4ccccc4s3)c3ccccc3C2=C(c2ccccc2)c2ccccc2)cc1. The topological polar surface area (TPSA) is 0 Å². The van der Waals surface area contributed by atoms with E-state index in [0.717, 1.165) is 0 Å². The van der Waals surface area contributed by atoms with Gasteiger partial charge in [0.1, 0.15) is 0 Å². The van der Waals surface area contributed by atoms with Crippen molar-refractivity contribution in [3.8, 4) is 0 Å². The van der Waals surface area contributed by atoms with Crippen LogP contribution in [-0.2, 0) is 0 Å². The lowest BCUT2D eigenvalue weighted by atomic mass is 9.85. The Morgan fingerprint density at radius 2 is 1.00 bits per heavy atom. The van der Waals surface area contributed by atoms with E-state index < -0.39 is 0 Å². The Morgan fingerprint density at radius 1 is 0.459 bits per heavy atom. The van der Waals surface area contributed by atoms with Gasteiger partial charge < -0.3 is 0 Å². The van der Waals surface area contributed by atoms with Gasteiger partial charge in [-0.05, 0) is 62.1 Å². The predicted octanol–water partition coefficient (Wildman–Crippen LogP) is 9.83. The van der Waals surface area contributed by atoms with Crippen molar-refractivity contribution in [1.29, 1.82) is 0 Å². The van der Waals surface area contributed by atoms with Gasteiger partial charge in [-0.15, -0.1) is 11.3 Å². The van der Waals surface area contributed by atoms with Crippen LogP contribution in [-0.4, -0.2) is 0 Å². The zero-order valence-corrected chi connectivity index (χ0v) is 21.1. The van der Waals surface area contributed by atoms with Crippen LogP contribution in [0.1, 0.15) is 32.7 Å². The van der Waals surface area contributed by atoms with Crippen LogP contribution in [0.25, 0.3) is 32.4 Å². The van der Waals surface area contributed by atoms with Crippen LogP contribution in [0, 0.1) is 0 Å². The van der Waals surface area contributed by atoms with Crippen molar-refractivity contribution in [2.24, 2.45) is 0 Å². The number of benzene rings is 5. The van der Waals surface area contributed by atoms with E-state index in [1.807, 2.05) is 11.3 Å². The lowest BCUT2D eigenvalue weighted by molar-refractivity contribution is 1.53. The van der Waals surface area contributed by atoms with Crippen molar-refractivity contribution >= 4 is 43.7 Å². The highest BCUT2D eigenvalue weighted by molar-refractivity contribution is 7.20. The minimum absolute atomic E-state index is 1.23. The van der Waals surface area contributed by atoms with E-state index >= 15 is 0 Å². The monoisotopic (exact) mass is 488 g/mol. The maximum absolute atomic E-state index is 2.36. The molecule has 0 N–H and O–H groups in total. The van der Waals surface area contributed by atoms with Gasteiger partial charge in [-0.1, -0.05) is 133 Å². The third-order valence-corrected chi connectivity index (χ3v) is 8.21. The number of rotatable bonds is 4. The van der Waals surface area contributed by atoms with Gasteiger partial charge in [-0.3, -0.25) is 0 Å². The molecule has 5 aromatic carbocycles. The standard InChI is InChI=1S/C36H24S/c1-4-14-25(15-5-1)33(26-16-6-2-7-17-26)36-30-22-12-11-21-29(30)35(34(36)27-18-8-3-9-19-27)32-24-28-20-10-13-23-31(28)37-32/h1-24H. The van der Waals surface area contributed by atoms with Crippen LogP contribution in [0.5, 0.6) is 0 Å². The summed E-state index contributed by atoms with van der Waals surface area (Å²) in [7, 11) is 0. The summed E-state index contributed by atoms with van der Waals surface area (Å²) >= 11 is 1.88. The van der Waals surface area contributed by atoms with Crippen LogP contribution in [0.3, 0.4) is 0 Å². The zero-order chi connectivity index (χ0) is 24.6. The molecule has 0 unspecified atom stereocenters. The molecule has 1 aromatic heterocycles. The van der Waals surface area contributed by atoms with Gasteiger partial charge in [0.25, 0.3) is 0 Å². The minimum atomic E-state index is 1.23. The van der Waals surface area contributed by atoms with Crippen molar-refractivity contribution in [3.63, 3.8) is 0 Å². The van der Waals surface area contributed by atoms with Crippen molar-refractivity contribution in [3.05, 3.63) is 178 Å². The molecule has 0 aliphatic heterocycles. The molecule has 0 bridgehead atoms. The van der Waals surface area contributed by atoms with Gasteiger partial charge >= 0.3 is 0 Å². The molecule has 0 saturated carbocycles. The molecular weight excluding hydrogens is 464 g/mol. The van der Waals surface area contributed by atoms with Gasteiger partial charge in [0.15, 0.2) is 0 Å². The zero-order valence-electron chi connectivity index (χ0n) is 20.3. The average Bonchev–Trinajstić information content (AvgIpc) is 3.54. The van der Waals surface area contributed by atoms with Crippen LogP contribution >= 0.6 is 11.3 Å². The quantitative estimate of drug-likeness (QED) is 0.232. The van der Waals surface area contributed by atoms with Crippen LogP contribution in [0.4, 0.5) is 0 Å². The summed E-state index contributed by atoms with van der Waals surface area (Å²) in [5.74, 6) is 0. The van der Waals surface area contributed by atoms with E-state index in [0.29, 0.717) is 0 Å². The number of hydrogen-bond donors (Lipinski definition) is 0. The van der Waals surface area contributed by atoms with Crippen molar-refractivity contribution in [2.75, 3.05) is 0 Å². The van der Waals surface area contributed by atoms with E-state index in [4.69, 9.17) is 0 Å². The summed E-state index contributed by atoms with van der Waals surface area (Å²) < 4.78 is 1.32. The Labute approximate surface area is 221 Å². The van der Waals surface area contributed by atoms with E-state index in [1.54, 1.807) is 0 Å². The summed E-state index contributed by atoms with van der Waals surface area (Å²) in [4.78, 5) is 1.31. The first-order valence-corrected chi connectivity index (χ1v) is 13.4. The van der Waals surface area contributed by atoms with E-state index in [2.05, 4.69) is 146 Å². The van der Waals surface area contributed by atoms with Crippen LogP contribution < -0.4 is 0 Å². The van der Waals surface area contributed by atoms with Gasteiger partial charge in [-0.25, -0.2) is 0 Å². The number of hydrogen-bond acceptors (Lipinski definition) is 1. The molecule has 0 spiro atoms. The highest BCUT2D eigenvalue weighted by atomic mass is 32.1. The normalized spacial score (nSPS) is 12.7. The first kappa shape index (κ1) is 21.8. The number of fused-ring (bicyclic) bond motifs is 2. The van der Waals surface area contributed by atoms with Crippen molar-refractivity contribution in [1.82, 2.24) is 0 Å². The smallest absolute Gasteiger partial charge is 0.0368 e. The van der Waals surface area contributed by atoms with E-state index in [1.165, 1.54) is 65.1 Å². The molecule has 7 rings (SSSR count). The molecule has 37 heavy (non-hydrogen) atoms. The Morgan fingerprint density at radius 3 is 1.65 bits per heavy atom. The molecule has 0 saturated heterocycles. The second kappa shape index (κ2) is 9.20. The van der Waals surface area contributed by atoms with Crippen LogP contribution in [0.2, 0.25) is 0 Å². The van der Waals surface area contributed by atoms with Gasteiger partial charge in [0, 0.05) is 15.2 Å². The van der Waals surface area contributed by atoms with Crippen LogP contribution in [0.15, 0.2) is 146 Å². The highest BCUT2D eigenvalue weighted by Crippen LogP contribution is 2.54. The molecule has 6 aromatic rings. The fraction of sp³-hybridized carbons (Fsp3) is 0. The summed E-state index contributed by atoms with van der Waals surface area (Å²) in [5.41, 5.74) is 11.5. The fourth-order valence-electron chi connectivity index (χ4n) is 5.49. The summed E-state index contributed by atoms with van der Waals surface area (Å²) in [5, 5.41) is 1.30. The van der Waals surface area contributed by atoms with E-state index in [9.17, 15) is 0 Å². The lowest BCUT2D eigenvalue weighted by Gasteiger charge is -2.17. The Balaban J connectivity index is 1.66. The molecule has 174 valence electrons. The highest BCUT2D eigenvalue weighted by Gasteiger charge is 2.32. The Bertz CT molecular complexity index is 1710. The van der Waals surface area contributed by atoms with Crippen molar-refractivity contribution < 1.29 is 0 Å². The van der Waals surface area contributed by atoms with Crippen molar-refractivity contribution in [2.45, 2.75) is 0 Å². The number of allylic oxidation sites excluding steroid dienone is 2. The largest absolute Gasteiger partial charge is 0.135 e. The number of thiophene rings is 1. The molecular formula is C36H24S. The molecule has 0 amide bonds. The first-order chi connectivity index (χ1) is 18.4. The molecule has 1 aliphatic rings. The first-order valence-electron chi connectivity index (χ1n) is 12.6. The van der Waals surface area contributed by atoms with Gasteiger partial charge in [0.2, 0.25) is 0 Å². The molecule has 0 fully saturated rings. The molecule has 1 heterocycles. The molecule has 0 nitrogen and oxygen atoms in total. The maximum atomic E-state index is 2.36.